The highest BCUT2D eigenvalue weighted by Gasteiger charge is 2.12. The number of benzene rings is 1. The Morgan fingerprint density at radius 1 is 1.19 bits per heavy atom. The van der Waals surface area contributed by atoms with Crippen LogP contribution in [0.5, 0.6) is 5.75 Å². The largest absolute Gasteiger partial charge is 0.507 e. The molecule has 0 aliphatic rings. The number of ketones is 1. The van der Waals surface area contributed by atoms with Crippen molar-refractivity contribution in [2.75, 3.05) is 0 Å². The number of rotatable bonds is 9. The molecule has 0 saturated heterocycles. The smallest absolute Gasteiger partial charge is 0.320 e. The van der Waals surface area contributed by atoms with Crippen molar-refractivity contribution in [2.45, 2.75) is 44.6 Å². The molecule has 1 unspecified atom stereocenters. The van der Waals surface area contributed by atoms with Gasteiger partial charge < -0.3 is 15.9 Å². The van der Waals surface area contributed by atoms with E-state index < -0.39 is 12.0 Å². The molecule has 0 fully saturated rings. The van der Waals surface area contributed by atoms with Crippen LogP contribution < -0.4 is 5.73 Å². The van der Waals surface area contributed by atoms with E-state index in [1.807, 2.05) is 0 Å². The molecule has 0 aliphatic carbocycles. The average molecular weight is 314 g/mol. The van der Waals surface area contributed by atoms with Gasteiger partial charge in [-0.3, -0.25) is 9.59 Å². The third kappa shape index (κ3) is 6.14. The lowest BCUT2D eigenvalue weighted by Gasteiger charge is -2.06. The summed E-state index contributed by atoms with van der Waals surface area (Å²) >= 11 is 5.71. The average Bonchev–Trinajstić information content (AvgIpc) is 2.41. The Morgan fingerprint density at radius 2 is 1.86 bits per heavy atom. The van der Waals surface area contributed by atoms with Crippen LogP contribution in [0.2, 0.25) is 5.02 Å². The van der Waals surface area contributed by atoms with E-state index in [-0.39, 0.29) is 17.1 Å². The first kappa shape index (κ1) is 17.5. The Hall–Kier alpha value is -1.59. The van der Waals surface area contributed by atoms with E-state index in [2.05, 4.69) is 0 Å². The summed E-state index contributed by atoms with van der Waals surface area (Å²) in [7, 11) is 0. The molecule has 0 heterocycles. The second-order valence-corrected chi connectivity index (χ2v) is 5.42. The van der Waals surface area contributed by atoms with Crippen molar-refractivity contribution < 1.29 is 19.8 Å². The van der Waals surface area contributed by atoms with Gasteiger partial charge in [-0.2, -0.15) is 0 Å². The summed E-state index contributed by atoms with van der Waals surface area (Å²) in [5.74, 6) is -1.20. The molecule has 1 aromatic carbocycles. The lowest BCUT2D eigenvalue weighted by atomic mass is 10.0. The number of carboxylic acids is 1. The maximum atomic E-state index is 11.9. The molecule has 21 heavy (non-hydrogen) atoms. The fourth-order valence-electron chi connectivity index (χ4n) is 2.00. The van der Waals surface area contributed by atoms with E-state index in [0.717, 1.165) is 19.3 Å². The minimum absolute atomic E-state index is 0.0973. The number of carboxylic acid groups (broad SMARTS) is 1. The first-order valence-corrected chi connectivity index (χ1v) is 7.29. The van der Waals surface area contributed by atoms with Crippen molar-refractivity contribution in [3.05, 3.63) is 28.8 Å². The van der Waals surface area contributed by atoms with Crippen molar-refractivity contribution >= 4 is 23.4 Å². The van der Waals surface area contributed by atoms with Gasteiger partial charge in [-0.25, -0.2) is 0 Å². The summed E-state index contributed by atoms with van der Waals surface area (Å²) < 4.78 is 0. The molecule has 0 bridgehead atoms. The van der Waals surface area contributed by atoms with E-state index in [1.54, 1.807) is 6.07 Å². The zero-order valence-electron chi connectivity index (χ0n) is 11.7. The molecule has 0 amide bonds. The van der Waals surface area contributed by atoms with Crippen LogP contribution in [0.1, 0.15) is 48.9 Å². The maximum Gasteiger partial charge on any atom is 0.320 e. The van der Waals surface area contributed by atoms with Crippen LogP contribution in [0, 0.1) is 0 Å². The van der Waals surface area contributed by atoms with E-state index in [9.17, 15) is 14.7 Å². The topological polar surface area (TPSA) is 101 Å². The normalized spacial score (nSPS) is 12.1. The summed E-state index contributed by atoms with van der Waals surface area (Å²) in [5.41, 5.74) is 5.68. The molecule has 1 aromatic rings. The summed E-state index contributed by atoms with van der Waals surface area (Å²) in [6.07, 6.45) is 3.88. The quantitative estimate of drug-likeness (QED) is 0.480. The molecule has 0 saturated carbocycles. The first-order chi connectivity index (χ1) is 9.91. The van der Waals surface area contributed by atoms with Gasteiger partial charge in [-0.1, -0.05) is 30.9 Å². The molecular formula is C15H20ClNO4. The number of Topliss-reactive ketones (excluding diaryl/α,β-unsaturated/α-hetero) is 1. The predicted molar refractivity (Wildman–Crippen MR) is 80.8 cm³/mol. The Balaban J connectivity index is 2.24. The Kier molecular flexibility index (Phi) is 7.19. The van der Waals surface area contributed by atoms with Gasteiger partial charge in [0.2, 0.25) is 0 Å². The summed E-state index contributed by atoms with van der Waals surface area (Å²) in [6.45, 7) is 0. The number of phenolic OH excluding ortho intramolecular Hbond substituents is 1. The van der Waals surface area contributed by atoms with Gasteiger partial charge >= 0.3 is 5.97 Å². The van der Waals surface area contributed by atoms with Gasteiger partial charge in [0, 0.05) is 11.4 Å². The predicted octanol–water partition coefficient (Wildman–Crippen LogP) is 2.98. The van der Waals surface area contributed by atoms with Crippen LogP contribution in [0.4, 0.5) is 0 Å². The number of aromatic hydroxyl groups is 1. The zero-order valence-corrected chi connectivity index (χ0v) is 12.5. The van der Waals surface area contributed by atoms with Gasteiger partial charge in [-0.15, -0.1) is 0 Å². The van der Waals surface area contributed by atoms with E-state index in [1.165, 1.54) is 12.1 Å². The van der Waals surface area contributed by atoms with Crippen LogP contribution in [-0.4, -0.2) is 28.0 Å². The monoisotopic (exact) mass is 313 g/mol. The van der Waals surface area contributed by atoms with Gasteiger partial charge in [-0.05, 0) is 31.0 Å². The van der Waals surface area contributed by atoms with Crippen molar-refractivity contribution in [1.82, 2.24) is 0 Å². The van der Waals surface area contributed by atoms with Crippen molar-refractivity contribution in [1.29, 1.82) is 0 Å². The third-order valence-electron chi connectivity index (χ3n) is 3.25. The summed E-state index contributed by atoms with van der Waals surface area (Å²) in [4.78, 5) is 22.4. The third-order valence-corrected chi connectivity index (χ3v) is 3.48. The highest BCUT2D eigenvalue weighted by atomic mass is 35.5. The minimum atomic E-state index is -0.983. The van der Waals surface area contributed by atoms with Crippen molar-refractivity contribution in [3.8, 4) is 5.75 Å². The molecular weight excluding hydrogens is 294 g/mol. The molecule has 0 aliphatic heterocycles. The first-order valence-electron chi connectivity index (χ1n) is 6.92. The summed E-state index contributed by atoms with van der Waals surface area (Å²) in [6, 6.07) is 3.63. The number of unbranched alkanes of at least 4 members (excludes halogenated alkanes) is 3. The molecule has 6 heteroatoms. The van der Waals surface area contributed by atoms with Gasteiger partial charge in [0.15, 0.2) is 5.78 Å². The number of aliphatic carboxylic acids is 1. The fourth-order valence-corrected chi connectivity index (χ4v) is 2.17. The molecule has 1 atom stereocenters. The fraction of sp³-hybridized carbons (Fsp3) is 0.467. The molecule has 5 nitrogen and oxygen atoms in total. The molecule has 116 valence electrons. The van der Waals surface area contributed by atoms with E-state index in [4.69, 9.17) is 22.4 Å². The number of hydrogen-bond donors (Lipinski definition) is 3. The van der Waals surface area contributed by atoms with Gasteiger partial charge in [0.05, 0.1) is 5.56 Å². The number of phenols is 1. The molecule has 1 rings (SSSR count). The maximum absolute atomic E-state index is 11.9. The Labute approximate surface area is 128 Å². The molecule has 0 aromatic heterocycles. The number of carbonyl (C=O) groups excluding carboxylic acids is 1. The second-order valence-electron chi connectivity index (χ2n) is 4.98. The number of carbonyl (C=O) groups is 2. The van der Waals surface area contributed by atoms with Crippen LogP contribution in [0.15, 0.2) is 18.2 Å². The van der Waals surface area contributed by atoms with Crippen LogP contribution in [0.25, 0.3) is 0 Å². The minimum Gasteiger partial charge on any atom is -0.507 e. The zero-order chi connectivity index (χ0) is 15.8. The van der Waals surface area contributed by atoms with Crippen molar-refractivity contribution in [2.24, 2.45) is 5.73 Å². The van der Waals surface area contributed by atoms with Crippen LogP contribution >= 0.6 is 11.6 Å². The number of hydrogen-bond acceptors (Lipinski definition) is 4. The Bertz CT molecular complexity index is 504. The SMILES string of the molecule is NC(CCCCCCC(=O)c1ccc(Cl)cc1O)C(=O)O. The highest BCUT2D eigenvalue weighted by molar-refractivity contribution is 6.30. The second kappa shape index (κ2) is 8.64. The van der Waals surface area contributed by atoms with Crippen LogP contribution in [-0.2, 0) is 4.79 Å². The number of halogens is 1. The van der Waals surface area contributed by atoms with Crippen molar-refractivity contribution in [3.63, 3.8) is 0 Å². The van der Waals surface area contributed by atoms with Gasteiger partial charge in [0.25, 0.3) is 0 Å². The number of nitrogens with two attached hydrogens (primary N) is 1. The molecule has 0 spiro atoms. The van der Waals surface area contributed by atoms with Gasteiger partial charge in [0.1, 0.15) is 11.8 Å². The lowest BCUT2D eigenvalue weighted by Crippen LogP contribution is -2.29. The molecule has 0 radical (unpaired) electrons. The van der Waals surface area contributed by atoms with Crippen LogP contribution in [0.3, 0.4) is 0 Å². The highest BCUT2D eigenvalue weighted by Crippen LogP contribution is 2.23. The lowest BCUT2D eigenvalue weighted by molar-refractivity contribution is -0.138. The van der Waals surface area contributed by atoms with E-state index >= 15 is 0 Å². The summed E-state index contributed by atoms with van der Waals surface area (Å²) in [5, 5.41) is 18.7. The van der Waals surface area contributed by atoms with E-state index in [0.29, 0.717) is 24.3 Å². The Morgan fingerprint density at radius 3 is 2.48 bits per heavy atom. The standard InChI is InChI=1S/C15H20ClNO4/c16-10-7-8-11(14(19)9-10)13(18)6-4-2-1-3-5-12(17)15(20)21/h7-9,12,19H,1-6,17H2,(H,20,21). The molecule has 4 N–H and O–H groups in total.